The molecule has 0 aromatic heterocycles. The van der Waals surface area contributed by atoms with Crippen LogP contribution in [-0.4, -0.2) is 22.6 Å². The van der Waals surface area contributed by atoms with E-state index >= 15 is 0 Å². The third-order valence-corrected chi connectivity index (χ3v) is 4.25. The lowest BCUT2D eigenvalue weighted by atomic mass is 10.3. The van der Waals surface area contributed by atoms with Crippen molar-refractivity contribution in [1.82, 2.24) is 0 Å². The van der Waals surface area contributed by atoms with Crippen LogP contribution in [0.15, 0.2) is 47.4 Å². The predicted molar refractivity (Wildman–Crippen MR) is 78.8 cm³/mol. The molecule has 0 atom stereocenters. The fourth-order valence-electron chi connectivity index (χ4n) is 1.65. The van der Waals surface area contributed by atoms with Gasteiger partial charge in [0.15, 0.2) is 10.6 Å². The number of hydrogen-bond acceptors (Lipinski definition) is 5. The van der Waals surface area contributed by atoms with Crippen molar-refractivity contribution < 1.29 is 22.1 Å². The van der Waals surface area contributed by atoms with Crippen molar-refractivity contribution in [2.45, 2.75) is 4.90 Å². The second kappa shape index (κ2) is 6.24. The van der Waals surface area contributed by atoms with Crippen LogP contribution >= 0.6 is 11.6 Å². The Hall–Kier alpha value is -1.92. The zero-order valence-corrected chi connectivity index (χ0v) is 12.9. The minimum Gasteiger partial charge on any atom is -0.497 e. The van der Waals surface area contributed by atoms with Crippen molar-refractivity contribution in [1.29, 1.82) is 0 Å². The summed E-state index contributed by atoms with van der Waals surface area (Å²) in [5, 5.41) is 0.197. The summed E-state index contributed by atoms with van der Waals surface area (Å²) in [6.45, 7) is 0. The number of rotatable bonds is 5. The average molecular weight is 329 g/mol. The maximum atomic E-state index is 12.4. The molecule has 0 amide bonds. The summed E-state index contributed by atoms with van der Waals surface area (Å²) in [5.74, 6) is 0.573. The molecule has 0 aliphatic carbocycles. The zero-order chi connectivity index (χ0) is 15.5. The molecule has 112 valence electrons. The van der Waals surface area contributed by atoms with E-state index in [1.54, 1.807) is 18.2 Å². The van der Waals surface area contributed by atoms with Gasteiger partial charge < -0.3 is 13.7 Å². The number of halogens is 1. The van der Waals surface area contributed by atoms with Crippen LogP contribution in [0.4, 0.5) is 0 Å². The Balaban J connectivity index is 2.46. The molecule has 0 saturated heterocycles. The second-order valence-electron chi connectivity index (χ2n) is 3.98. The molecule has 0 radical (unpaired) electrons. The van der Waals surface area contributed by atoms with E-state index < -0.39 is 10.1 Å². The standard InChI is InChI=1S/C14H13ClO5S/c1-18-10-7-8-13(19-2)14(9-10)21(16,17)20-12-6-4-3-5-11(12)15/h3-9H,1-2H3. The molecule has 0 fully saturated rings. The van der Waals surface area contributed by atoms with E-state index in [0.29, 0.717) is 5.75 Å². The number of methoxy groups -OCH3 is 2. The van der Waals surface area contributed by atoms with Crippen LogP contribution in [0.3, 0.4) is 0 Å². The van der Waals surface area contributed by atoms with Crippen LogP contribution < -0.4 is 13.7 Å². The molecular formula is C14H13ClO5S. The highest BCUT2D eigenvalue weighted by Crippen LogP contribution is 2.32. The molecule has 0 N–H and O–H groups in total. The van der Waals surface area contributed by atoms with Crippen molar-refractivity contribution in [3.8, 4) is 17.2 Å². The molecule has 0 bridgehead atoms. The van der Waals surface area contributed by atoms with Gasteiger partial charge in [-0.15, -0.1) is 0 Å². The third-order valence-electron chi connectivity index (χ3n) is 2.68. The Bertz CT molecular complexity index is 743. The highest BCUT2D eigenvalue weighted by Gasteiger charge is 2.23. The Labute approximate surface area is 128 Å². The molecule has 0 heterocycles. The number of para-hydroxylation sites is 1. The highest BCUT2D eigenvalue weighted by atomic mass is 35.5. The molecule has 2 aromatic carbocycles. The van der Waals surface area contributed by atoms with Gasteiger partial charge >= 0.3 is 10.1 Å². The quantitative estimate of drug-likeness (QED) is 0.789. The van der Waals surface area contributed by atoms with E-state index in [9.17, 15) is 8.42 Å². The van der Waals surface area contributed by atoms with Gasteiger partial charge in [-0.25, -0.2) is 0 Å². The van der Waals surface area contributed by atoms with Crippen LogP contribution in [0.1, 0.15) is 0 Å². The van der Waals surface area contributed by atoms with E-state index in [1.807, 2.05) is 0 Å². The molecule has 0 aliphatic rings. The lowest BCUT2D eigenvalue weighted by molar-refractivity contribution is 0.388. The maximum absolute atomic E-state index is 12.4. The molecule has 0 aliphatic heterocycles. The first kappa shape index (κ1) is 15.5. The minimum atomic E-state index is -4.10. The first-order valence-electron chi connectivity index (χ1n) is 5.89. The molecule has 2 rings (SSSR count). The van der Waals surface area contributed by atoms with Gasteiger partial charge in [-0.05, 0) is 24.3 Å². The van der Waals surface area contributed by atoms with Gasteiger partial charge in [-0.3, -0.25) is 0 Å². The van der Waals surface area contributed by atoms with Crippen LogP contribution in [0, 0.1) is 0 Å². The molecule has 21 heavy (non-hydrogen) atoms. The minimum absolute atomic E-state index is 0.0454. The summed E-state index contributed by atoms with van der Waals surface area (Å²) >= 11 is 5.90. The van der Waals surface area contributed by atoms with Crippen molar-refractivity contribution >= 4 is 21.7 Å². The molecule has 0 unspecified atom stereocenters. The van der Waals surface area contributed by atoms with Gasteiger partial charge in [0.25, 0.3) is 0 Å². The second-order valence-corrected chi connectivity index (χ2v) is 5.91. The lowest BCUT2D eigenvalue weighted by Crippen LogP contribution is -2.11. The van der Waals surface area contributed by atoms with Crippen molar-refractivity contribution in [2.24, 2.45) is 0 Å². The van der Waals surface area contributed by atoms with E-state index in [2.05, 4.69) is 0 Å². The van der Waals surface area contributed by atoms with Crippen molar-refractivity contribution in [3.05, 3.63) is 47.5 Å². The highest BCUT2D eigenvalue weighted by molar-refractivity contribution is 7.87. The fourth-order valence-corrected chi connectivity index (χ4v) is 3.00. The van der Waals surface area contributed by atoms with Gasteiger partial charge in [0.1, 0.15) is 11.5 Å². The van der Waals surface area contributed by atoms with E-state index in [4.69, 9.17) is 25.3 Å². The fraction of sp³-hybridized carbons (Fsp3) is 0.143. The summed E-state index contributed by atoms with van der Waals surface area (Å²) in [6.07, 6.45) is 0. The molecular weight excluding hydrogens is 316 g/mol. The van der Waals surface area contributed by atoms with Gasteiger partial charge in [-0.1, -0.05) is 23.7 Å². The Morgan fingerprint density at radius 3 is 2.29 bits per heavy atom. The Morgan fingerprint density at radius 1 is 0.952 bits per heavy atom. The van der Waals surface area contributed by atoms with Gasteiger partial charge in [0, 0.05) is 6.07 Å². The summed E-state index contributed by atoms with van der Waals surface area (Å²) in [5.41, 5.74) is 0. The Kier molecular flexibility index (Phi) is 4.59. The van der Waals surface area contributed by atoms with Gasteiger partial charge in [0.05, 0.1) is 19.2 Å². The SMILES string of the molecule is COc1ccc(OC)c(S(=O)(=O)Oc2ccccc2Cl)c1. The molecule has 2 aromatic rings. The van der Waals surface area contributed by atoms with Gasteiger partial charge in [0.2, 0.25) is 0 Å². The monoisotopic (exact) mass is 328 g/mol. The normalized spacial score (nSPS) is 11.0. The topological polar surface area (TPSA) is 61.8 Å². The van der Waals surface area contributed by atoms with Crippen LogP contribution in [-0.2, 0) is 10.1 Å². The van der Waals surface area contributed by atoms with Crippen LogP contribution in [0.5, 0.6) is 17.2 Å². The lowest BCUT2D eigenvalue weighted by Gasteiger charge is -2.12. The van der Waals surface area contributed by atoms with Crippen molar-refractivity contribution in [2.75, 3.05) is 14.2 Å². The van der Waals surface area contributed by atoms with Gasteiger partial charge in [-0.2, -0.15) is 8.42 Å². The summed E-state index contributed by atoms with van der Waals surface area (Å²) < 4.78 is 39.9. The largest absolute Gasteiger partial charge is 0.497 e. The molecule has 7 heteroatoms. The van der Waals surface area contributed by atoms with Crippen LogP contribution in [0.2, 0.25) is 5.02 Å². The number of benzene rings is 2. The van der Waals surface area contributed by atoms with Crippen molar-refractivity contribution in [3.63, 3.8) is 0 Å². The number of ether oxygens (including phenoxy) is 2. The third kappa shape index (κ3) is 3.40. The Morgan fingerprint density at radius 2 is 1.67 bits per heavy atom. The maximum Gasteiger partial charge on any atom is 0.343 e. The molecule has 0 saturated carbocycles. The first-order valence-corrected chi connectivity index (χ1v) is 7.67. The number of hydrogen-bond donors (Lipinski definition) is 0. The smallest absolute Gasteiger partial charge is 0.343 e. The van der Waals surface area contributed by atoms with E-state index in [1.165, 1.54) is 38.5 Å². The summed E-state index contributed by atoms with van der Waals surface area (Å²) in [6, 6.07) is 10.7. The van der Waals surface area contributed by atoms with E-state index in [-0.39, 0.29) is 21.4 Å². The summed E-state index contributed by atoms with van der Waals surface area (Å²) in [4.78, 5) is -0.135. The molecule has 0 spiro atoms. The summed E-state index contributed by atoms with van der Waals surface area (Å²) in [7, 11) is -1.29. The zero-order valence-electron chi connectivity index (χ0n) is 11.4. The predicted octanol–water partition coefficient (Wildman–Crippen LogP) is 3.12. The van der Waals surface area contributed by atoms with E-state index in [0.717, 1.165) is 0 Å². The molecule has 5 nitrogen and oxygen atoms in total. The average Bonchev–Trinajstić information content (AvgIpc) is 2.48. The first-order chi connectivity index (χ1) is 9.97. The van der Waals surface area contributed by atoms with Crippen LogP contribution in [0.25, 0.3) is 0 Å².